The second-order valence-electron chi connectivity index (χ2n) is 4.29. The van der Waals surface area contributed by atoms with Gasteiger partial charge in [0.25, 0.3) is 0 Å². The van der Waals surface area contributed by atoms with Gasteiger partial charge in [0.05, 0.1) is 0 Å². The van der Waals surface area contributed by atoms with Crippen molar-refractivity contribution >= 4 is 5.78 Å². The summed E-state index contributed by atoms with van der Waals surface area (Å²) in [6.45, 7) is 0. The second-order valence-corrected chi connectivity index (χ2v) is 4.29. The minimum absolute atomic E-state index is 0.000941. The maximum Gasteiger partial charge on any atom is 0.174 e. The number of Topliss-reactive ketones (excluding diaryl/α,β-unsaturated/α-hetero) is 1. The Morgan fingerprint density at radius 2 is 1.89 bits per heavy atom. The molecule has 1 aliphatic heterocycles. The van der Waals surface area contributed by atoms with E-state index in [9.17, 15) is 19.4 Å². The SMILES string of the molecule is O=C1Cc2ccc(F)cc2Oc2cc(O)cc(O)c21. The highest BCUT2D eigenvalue weighted by atomic mass is 19.1. The first kappa shape index (κ1) is 11.5. The summed E-state index contributed by atoms with van der Waals surface area (Å²) in [5.41, 5.74) is 0.524. The molecular formula is C14H9FO4. The van der Waals surface area contributed by atoms with Crippen LogP contribution in [0.25, 0.3) is 0 Å². The number of benzene rings is 2. The summed E-state index contributed by atoms with van der Waals surface area (Å²) in [6.07, 6.45) is 0.000941. The summed E-state index contributed by atoms with van der Waals surface area (Å²) in [5.74, 6) is -1.20. The van der Waals surface area contributed by atoms with Crippen molar-refractivity contribution in [3.8, 4) is 23.0 Å². The van der Waals surface area contributed by atoms with Gasteiger partial charge >= 0.3 is 0 Å². The lowest BCUT2D eigenvalue weighted by atomic mass is 10.0. The number of aromatic hydroxyl groups is 2. The Morgan fingerprint density at radius 1 is 1.11 bits per heavy atom. The lowest BCUT2D eigenvalue weighted by Gasteiger charge is -2.09. The molecule has 0 atom stereocenters. The smallest absolute Gasteiger partial charge is 0.174 e. The summed E-state index contributed by atoms with van der Waals surface area (Å²) < 4.78 is 18.6. The zero-order valence-electron chi connectivity index (χ0n) is 9.68. The summed E-state index contributed by atoms with van der Waals surface area (Å²) in [7, 11) is 0. The van der Waals surface area contributed by atoms with Crippen molar-refractivity contribution in [2.45, 2.75) is 6.42 Å². The largest absolute Gasteiger partial charge is 0.508 e. The molecule has 1 aliphatic rings. The van der Waals surface area contributed by atoms with E-state index in [-0.39, 0.29) is 40.8 Å². The first-order valence-electron chi connectivity index (χ1n) is 5.60. The number of hydrogen-bond donors (Lipinski definition) is 2. The molecule has 3 rings (SSSR count). The van der Waals surface area contributed by atoms with Gasteiger partial charge < -0.3 is 14.9 Å². The predicted octanol–water partition coefficient (Wildman–Crippen LogP) is 2.77. The molecule has 0 aromatic heterocycles. The van der Waals surface area contributed by atoms with Gasteiger partial charge in [-0.2, -0.15) is 0 Å². The number of phenols is 2. The fourth-order valence-corrected chi connectivity index (χ4v) is 2.10. The summed E-state index contributed by atoms with van der Waals surface area (Å²) in [4.78, 5) is 12.1. The topological polar surface area (TPSA) is 66.8 Å². The quantitative estimate of drug-likeness (QED) is 0.764. The number of halogens is 1. The monoisotopic (exact) mass is 260 g/mol. The molecule has 0 spiro atoms. The third-order valence-electron chi connectivity index (χ3n) is 2.95. The fourth-order valence-electron chi connectivity index (χ4n) is 2.10. The maximum atomic E-state index is 13.2. The van der Waals surface area contributed by atoms with Crippen LogP contribution in [-0.4, -0.2) is 16.0 Å². The lowest BCUT2D eigenvalue weighted by molar-refractivity contribution is 0.0991. The molecule has 0 fully saturated rings. The van der Waals surface area contributed by atoms with Gasteiger partial charge in [-0.25, -0.2) is 4.39 Å². The molecule has 0 amide bonds. The third kappa shape index (κ3) is 1.89. The average Bonchev–Trinajstić information content (AvgIpc) is 2.44. The van der Waals surface area contributed by atoms with Gasteiger partial charge in [0.1, 0.15) is 34.4 Å². The van der Waals surface area contributed by atoms with Crippen molar-refractivity contribution < 1.29 is 24.1 Å². The highest BCUT2D eigenvalue weighted by Gasteiger charge is 2.25. The van der Waals surface area contributed by atoms with E-state index in [1.165, 1.54) is 24.3 Å². The van der Waals surface area contributed by atoms with E-state index >= 15 is 0 Å². The first-order valence-corrected chi connectivity index (χ1v) is 5.60. The molecular weight excluding hydrogens is 251 g/mol. The number of ketones is 1. The molecule has 2 N–H and O–H groups in total. The standard InChI is InChI=1S/C14H9FO4/c15-8-2-1-7-3-10(17)14-11(18)5-9(16)6-13(14)19-12(7)4-8/h1-2,4-6,16,18H,3H2. The van der Waals surface area contributed by atoms with Gasteiger partial charge in [0.2, 0.25) is 0 Å². The molecule has 96 valence electrons. The van der Waals surface area contributed by atoms with E-state index < -0.39 is 5.82 Å². The van der Waals surface area contributed by atoms with Crippen LogP contribution in [-0.2, 0) is 6.42 Å². The van der Waals surface area contributed by atoms with Crippen LogP contribution in [0, 0.1) is 5.82 Å². The number of fused-ring (bicyclic) bond motifs is 2. The Hall–Kier alpha value is -2.56. The van der Waals surface area contributed by atoms with Crippen LogP contribution in [0.1, 0.15) is 15.9 Å². The number of rotatable bonds is 0. The van der Waals surface area contributed by atoms with Gasteiger partial charge in [0.15, 0.2) is 5.78 Å². The van der Waals surface area contributed by atoms with Crippen molar-refractivity contribution in [1.29, 1.82) is 0 Å². The Kier molecular flexibility index (Phi) is 2.41. The third-order valence-corrected chi connectivity index (χ3v) is 2.95. The zero-order chi connectivity index (χ0) is 13.6. The van der Waals surface area contributed by atoms with Gasteiger partial charge in [0, 0.05) is 30.2 Å². The average molecular weight is 260 g/mol. The Balaban J connectivity index is 2.22. The molecule has 1 heterocycles. The van der Waals surface area contributed by atoms with E-state index in [2.05, 4.69) is 0 Å². The predicted molar refractivity (Wildman–Crippen MR) is 64.3 cm³/mol. The van der Waals surface area contributed by atoms with Gasteiger partial charge in [-0.3, -0.25) is 4.79 Å². The highest BCUT2D eigenvalue weighted by molar-refractivity contribution is 6.03. The molecule has 19 heavy (non-hydrogen) atoms. The van der Waals surface area contributed by atoms with Gasteiger partial charge in [-0.1, -0.05) is 6.07 Å². The fraction of sp³-hybridized carbons (Fsp3) is 0.0714. The summed E-state index contributed by atoms with van der Waals surface area (Å²) in [5, 5.41) is 19.2. The summed E-state index contributed by atoms with van der Waals surface area (Å²) >= 11 is 0. The van der Waals surface area contributed by atoms with E-state index in [0.717, 1.165) is 6.07 Å². The molecule has 0 aliphatic carbocycles. The molecule has 0 unspecified atom stereocenters. The van der Waals surface area contributed by atoms with Crippen molar-refractivity contribution in [2.75, 3.05) is 0 Å². The van der Waals surface area contributed by atoms with Crippen molar-refractivity contribution in [3.63, 3.8) is 0 Å². The minimum atomic E-state index is -0.487. The maximum absolute atomic E-state index is 13.2. The molecule has 0 bridgehead atoms. The van der Waals surface area contributed by atoms with E-state index in [0.29, 0.717) is 5.56 Å². The number of carbonyl (C=O) groups excluding carboxylic acids is 1. The van der Waals surface area contributed by atoms with E-state index in [1.807, 2.05) is 0 Å². The van der Waals surface area contributed by atoms with Crippen LogP contribution in [0.5, 0.6) is 23.0 Å². The van der Waals surface area contributed by atoms with E-state index in [4.69, 9.17) is 4.74 Å². The number of carbonyl (C=O) groups is 1. The molecule has 0 radical (unpaired) electrons. The Labute approximate surface area is 107 Å². The number of phenolic OH excluding ortho intramolecular Hbond substituents is 2. The normalized spacial score (nSPS) is 13.2. The van der Waals surface area contributed by atoms with Gasteiger partial charge in [-0.05, 0) is 6.07 Å². The van der Waals surface area contributed by atoms with Crippen LogP contribution >= 0.6 is 0 Å². The van der Waals surface area contributed by atoms with Crippen LogP contribution in [0.2, 0.25) is 0 Å². The minimum Gasteiger partial charge on any atom is -0.508 e. The van der Waals surface area contributed by atoms with Crippen molar-refractivity contribution in [3.05, 3.63) is 47.3 Å². The van der Waals surface area contributed by atoms with Crippen LogP contribution in [0.15, 0.2) is 30.3 Å². The molecule has 2 aromatic rings. The molecule has 4 nitrogen and oxygen atoms in total. The highest BCUT2D eigenvalue weighted by Crippen LogP contribution is 2.40. The van der Waals surface area contributed by atoms with Crippen LogP contribution in [0.4, 0.5) is 4.39 Å². The van der Waals surface area contributed by atoms with Gasteiger partial charge in [-0.15, -0.1) is 0 Å². The second kappa shape index (κ2) is 3.98. The zero-order valence-corrected chi connectivity index (χ0v) is 9.68. The molecule has 5 heteroatoms. The van der Waals surface area contributed by atoms with Crippen molar-refractivity contribution in [2.24, 2.45) is 0 Å². The molecule has 0 saturated heterocycles. The van der Waals surface area contributed by atoms with Crippen LogP contribution < -0.4 is 4.74 Å². The number of hydrogen-bond acceptors (Lipinski definition) is 4. The van der Waals surface area contributed by atoms with Crippen molar-refractivity contribution in [1.82, 2.24) is 0 Å². The Morgan fingerprint density at radius 3 is 2.68 bits per heavy atom. The molecule has 2 aromatic carbocycles. The lowest BCUT2D eigenvalue weighted by Crippen LogP contribution is -2.02. The Bertz CT molecular complexity index is 694. The van der Waals surface area contributed by atoms with E-state index in [1.54, 1.807) is 0 Å². The number of ether oxygens (including phenoxy) is 1. The first-order chi connectivity index (χ1) is 9.04. The van der Waals surface area contributed by atoms with Crippen LogP contribution in [0.3, 0.4) is 0 Å². The molecule has 0 saturated carbocycles. The summed E-state index contributed by atoms with van der Waals surface area (Å²) in [6, 6.07) is 6.15.